The van der Waals surface area contributed by atoms with E-state index in [1.54, 1.807) is 30.5 Å². The average Bonchev–Trinajstić information content (AvgIpc) is 2.89. The Morgan fingerprint density at radius 3 is 2.79 bits per heavy atom. The Bertz CT molecular complexity index is 932. The number of pyridine rings is 1. The van der Waals surface area contributed by atoms with Crippen LogP contribution in [-0.2, 0) is 6.42 Å². The standard InChI is InChI=1S/C17H14FN3OS2/c1-10-14(9-11-4-6-12(18)7-5-11)24-17(20-10)21-15(22)13-3-2-8-19-16(13)23/h2-8H,9H2,1H3,(H,19,23)(H,20,21,22). The lowest BCUT2D eigenvalue weighted by atomic mass is 10.1. The summed E-state index contributed by atoms with van der Waals surface area (Å²) in [6.07, 6.45) is 2.32. The third kappa shape index (κ3) is 3.74. The summed E-state index contributed by atoms with van der Waals surface area (Å²) in [5.74, 6) is -0.550. The van der Waals surface area contributed by atoms with Crippen LogP contribution in [0.3, 0.4) is 0 Å². The van der Waals surface area contributed by atoms with Gasteiger partial charge in [-0.1, -0.05) is 24.4 Å². The summed E-state index contributed by atoms with van der Waals surface area (Å²) in [5.41, 5.74) is 2.24. The van der Waals surface area contributed by atoms with Gasteiger partial charge in [0.05, 0.1) is 11.3 Å². The summed E-state index contributed by atoms with van der Waals surface area (Å²) in [7, 11) is 0. The first-order chi connectivity index (χ1) is 11.5. The second-order valence-electron chi connectivity index (χ2n) is 5.20. The van der Waals surface area contributed by atoms with Crippen LogP contribution in [0.15, 0.2) is 42.6 Å². The molecule has 0 spiro atoms. The molecule has 0 aliphatic rings. The van der Waals surface area contributed by atoms with Crippen LogP contribution in [0.1, 0.15) is 26.5 Å². The molecular formula is C17H14FN3OS2. The Balaban J connectivity index is 1.76. The molecule has 3 rings (SSSR count). The van der Waals surface area contributed by atoms with E-state index < -0.39 is 0 Å². The first-order valence-corrected chi connectivity index (χ1v) is 8.45. The SMILES string of the molecule is Cc1nc(NC(=O)c2ccc[nH]c2=S)sc1Cc1ccc(F)cc1. The average molecular weight is 359 g/mol. The van der Waals surface area contributed by atoms with Crippen molar-refractivity contribution >= 4 is 34.6 Å². The van der Waals surface area contributed by atoms with Crippen molar-refractivity contribution in [3.05, 3.63) is 74.8 Å². The highest BCUT2D eigenvalue weighted by Gasteiger charge is 2.13. The predicted octanol–water partition coefficient (Wildman–Crippen LogP) is 4.49. The van der Waals surface area contributed by atoms with E-state index in [0.717, 1.165) is 16.1 Å². The molecule has 3 aromatic rings. The maximum atomic E-state index is 13.0. The topological polar surface area (TPSA) is 57.8 Å². The molecule has 2 heterocycles. The molecule has 4 nitrogen and oxygen atoms in total. The summed E-state index contributed by atoms with van der Waals surface area (Å²) >= 11 is 6.52. The van der Waals surface area contributed by atoms with Crippen LogP contribution >= 0.6 is 23.6 Å². The van der Waals surface area contributed by atoms with Crippen LogP contribution in [0, 0.1) is 17.4 Å². The number of aromatic amines is 1. The maximum absolute atomic E-state index is 13.0. The number of anilines is 1. The number of aromatic nitrogens is 2. The molecule has 0 saturated carbocycles. The number of aryl methyl sites for hydroxylation is 1. The van der Waals surface area contributed by atoms with Gasteiger partial charge in [0.2, 0.25) is 0 Å². The Hall–Kier alpha value is -2.38. The molecule has 0 radical (unpaired) electrons. The van der Waals surface area contributed by atoms with Crippen LogP contribution in [0.2, 0.25) is 0 Å². The van der Waals surface area contributed by atoms with Crippen molar-refractivity contribution in [1.29, 1.82) is 0 Å². The monoisotopic (exact) mass is 359 g/mol. The van der Waals surface area contributed by atoms with Gasteiger partial charge in [-0.25, -0.2) is 9.37 Å². The van der Waals surface area contributed by atoms with Gasteiger partial charge < -0.3 is 4.98 Å². The van der Waals surface area contributed by atoms with E-state index >= 15 is 0 Å². The number of benzene rings is 1. The molecule has 0 aliphatic carbocycles. The molecule has 0 aliphatic heterocycles. The summed E-state index contributed by atoms with van der Waals surface area (Å²) < 4.78 is 13.4. The van der Waals surface area contributed by atoms with Gasteiger partial charge in [0.1, 0.15) is 10.5 Å². The van der Waals surface area contributed by atoms with E-state index in [4.69, 9.17) is 12.2 Å². The lowest BCUT2D eigenvalue weighted by Crippen LogP contribution is -2.12. The fourth-order valence-electron chi connectivity index (χ4n) is 2.20. The van der Waals surface area contributed by atoms with Crippen molar-refractivity contribution in [2.24, 2.45) is 0 Å². The van der Waals surface area contributed by atoms with Gasteiger partial charge in [-0.2, -0.15) is 0 Å². The molecule has 0 fully saturated rings. The largest absolute Gasteiger partial charge is 0.352 e. The van der Waals surface area contributed by atoms with E-state index in [1.807, 2.05) is 6.92 Å². The zero-order chi connectivity index (χ0) is 17.1. The van der Waals surface area contributed by atoms with Crippen LogP contribution in [0.25, 0.3) is 0 Å². The lowest BCUT2D eigenvalue weighted by Gasteiger charge is -2.01. The fraction of sp³-hybridized carbons (Fsp3) is 0.118. The number of hydrogen-bond acceptors (Lipinski definition) is 4. The van der Waals surface area contributed by atoms with E-state index in [1.165, 1.54) is 23.5 Å². The Labute approximate surface area is 147 Å². The smallest absolute Gasteiger partial charge is 0.260 e. The Morgan fingerprint density at radius 2 is 2.08 bits per heavy atom. The van der Waals surface area contributed by atoms with Crippen molar-refractivity contribution in [1.82, 2.24) is 9.97 Å². The minimum Gasteiger partial charge on any atom is -0.352 e. The molecule has 0 saturated heterocycles. The minimum absolute atomic E-state index is 0.257. The number of halogens is 1. The van der Waals surface area contributed by atoms with Gasteiger partial charge >= 0.3 is 0 Å². The fourth-order valence-corrected chi connectivity index (χ4v) is 3.42. The highest BCUT2D eigenvalue weighted by Crippen LogP contribution is 2.25. The minimum atomic E-state index is -0.293. The highest BCUT2D eigenvalue weighted by atomic mass is 32.1. The molecule has 1 aromatic carbocycles. The van der Waals surface area contributed by atoms with E-state index in [-0.39, 0.29) is 11.7 Å². The molecule has 0 bridgehead atoms. The van der Waals surface area contributed by atoms with Crippen molar-refractivity contribution in [2.45, 2.75) is 13.3 Å². The zero-order valence-electron chi connectivity index (χ0n) is 12.8. The number of amides is 1. The van der Waals surface area contributed by atoms with Crippen molar-refractivity contribution < 1.29 is 9.18 Å². The lowest BCUT2D eigenvalue weighted by molar-refractivity contribution is 0.102. The maximum Gasteiger partial charge on any atom is 0.260 e. The summed E-state index contributed by atoms with van der Waals surface area (Å²) in [4.78, 5) is 20.5. The van der Waals surface area contributed by atoms with E-state index in [0.29, 0.717) is 21.8 Å². The number of hydrogen-bond donors (Lipinski definition) is 2. The van der Waals surface area contributed by atoms with E-state index in [2.05, 4.69) is 15.3 Å². The molecular weight excluding hydrogens is 345 g/mol. The molecule has 7 heteroatoms. The molecule has 1 amide bonds. The van der Waals surface area contributed by atoms with Gasteiger partial charge in [-0.05, 0) is 36.8 Å². The molecule has 2 aromatic heterocycles. The van der Waals surface area contributed by atoms with Gasteiger partial charge in [0.15, 0.2) is 5.13 Å². The van der Waals surface area contributed by atoms with Gasteiger partial charge in [0, 0.05) is 17.5 Å². The van der Waals surface area contributed by atoms with Gasteiger partial charge in [-0.15, -0.1) is 11.3 Å². The normalized spacial score (nSPS) is 10.6. The molecule has 0 atom stereocenters. The number of rotatable bonds is 4. The highest BCUT2D eigenvalue weighted by molar-refractivity contribution is 7.71. The van der Waals surface area contributed by atoms with Crippen molar-refractivity contribution in [3.8, 4) is 0 Å². The predicted molar refractivity (Wildman–Crippen MR) is 95.6 cm³/mol. The molecule has 122 valence electrons. The summed E-state index contributed by atoms with van der Waals surface area (Å²) in [5, 5.41) is 3.30. The van der Waals surface area contributed by atoms with Crippen molar-refractivity contribution in [2.75, 3.05) is 5.32 Å². The third-order valence-corrected chi connectivity index (χ3v) is 4.86. The number of H-pyrrole nitrogens is 1. The van der Waals surface area contributed by atoms with E-state index in [9.17, 15) is 9.18 Å². The van der Waals surface area contributed by atoms with Crippen LogP contribution in [0.5, 0.6) is 0 Å². The number of nitrogens with one attached hydrogen (secondary N) is 2. The Morgan fingerprint density at radius 1 is 1.33 bits per heavy atom. The number of nitrogens with zero attached hydrogens (tertiary/aromatic N) is 1. The first-order valence-electron chi connectivity index (χ1n) is 7.23. The molecule has 2 N–H and O–H groups in total. The quantitative estimate of drug-likeness (QED) is 0.675. The second kappa shape index (κ2) is 7.02. The number of carbonyl (C=O) groups is 1. The summed E-state index contributed by atoms with van der Waals surface area (Å²) in [6, 6.07) is 9.74. The zero-order valence-corrected chi connectivity index (χ0v) is 14.4. The Kier molecular flexibility index (Phi) is 4.82. The molecule has 0 unspecified atom stereocenters. The molecule has 24 heavy (non-hydrogen) atoms. The van der Waals surface area contributed by atoms with Crippen molar-refractivity contribution in [3.63, 3.8) is 0 Å². The van der Waals surface area contributed by atoms with Gasteiger partial charge in [-0.3, -0.25) is 10.1 Å². The van der Waals surface area contributed by atoms with Gasteiger partial charge in [0.25, 0.3) is 5.91 Å². The van der Waals surface area contributed by atoms with Crippen LogP contribution in [0.4, 0.5) is 9.52 Å². The van der Waals surface area contributed by atoms with Crippen LogP contribution in [-0.4, -0.2) is 15.9 Å². The number of carbonyl (C=O) groups excluding carboxylic acids is 1. The number of thiazole rings is 1. The van der Waals surface area contributed by atoms with Crippen LogP contribution < -0.4 is 5.32 Å². The third-order valence-electron chi connectivity index (χ3n) is 3.45. The second-order valence-corrected chi connectivity index (χ2v) is 6.69. The first kappa shape index (κ1) is 16.5. The summed E-state index contributed by atoms with van der Waals surface area (Å²) in [6.45, 7) is 1.89.